The maximum Gasteiger partial charge on any atom is 0.356 e. The predicted molar refractivity (Wildman–Crippen MR) is 71.3 cm³/mol. The summed E-state index contributed by atoms with van der Waals surface area (Å²) in [4.78, 5) is 17.5. The van der Waals surface area contributed by atoms with Crippen LogP contribution < -0.4 is 0 Å². The fourth-order valence-corrected chi connectivity index (χ4v) is 2.65. The van der Waals surface area contributed by atoms with Crippen molar-refractivity contribution in [1.29, 1.82) is 0 Å². The Morgan fingerprint density at radius 2 is 2.05 bits per heavy atom. The molecule has 1 N–H and O–H groups in total. The van der Waals surface area contributed by atoms with E-state index in [9.17, 15) is 4.79 Å². The first-order chi connectivity index (χ1) is 9.24. The Labute approximate surface area is 111 Å². The second-order valence-electron chi connectivity index (χ2n) is 5.01. The van der Waals surface area contributed by atoms with Crippen LogP contribution in [0, 0.1) is 0 Å². The van der Waals surface area contributed by atoms with E-state index >= 15 is 0 Å². The van der Waals surface area contributed by atoms with Crippen molar-refractivity contribution in [2.24, 2.45) is 0 Å². The summed E-state index contributed by atoms with van der Waals surface area (Å²) in [6.45, 7) is 3.10. The SMILES string of the molecule is O=C(O)c1cn2c(CN3CCCCC3)cccc2n1. The summed E-state index contributed by atoms with van der Waals surface area (Å²) in [6.07, 6.45) is 5.42. The number of hydrogen-bond acceptors (Lipinski definition) is 3. The van der Waals surface area contributed by atoms with E-state index in [2.05, 4.69) is 9.88 Å². The number of pyridine rings is 1. The number of fused-ring (bicyclic) bond motifs is 1. The van der Waals surface area contributed by atoms with Crippen molar-refractivity contribution < 1.29 is 9.90 Å². The number of aromatic carboxylic acids is 1. The maximum absolute atomic E-state index is 11.0. The van der Waals surface area contributed by atoms with Gasteiger partial charge in [-0.25, -0.2) is 9.78 Å². The van der Waals surface area contributed by atoms with Crippen LogP contribution in [0.1, 0.15) is 35.4 Å². The molecule has 0 bridgehead atoms. The van der Waals surface area contributed by atoms with Gasteiger partial charge >= 0.3 is 5.97 Å². The Morgan fingerprint density at radius 1 is 1.26 bits per heavy atom. The number of hydrogen-bond donors (Lipinski definition) is 1. The van der Waals surface area contributed by atoms with E-state index in [1.165, 1.54) is 19.3 Å². The highest BCUT2D eigenvalue weighted by Crippen LogP contribution is 2.15. The van der Waals surface area contributed by atoms with Crippen LogP contribution in [0.3, 0.4) is 0 Å². The monoisotopic (exact) mass is 259 g/mol. The highest BCUT2D eigenvalue weighted by atomic mass is 16.4. The van der Waals surface area contributed by atoms with E-state index in [0.717, 1.165) is 25.3 Å². The topological polar surface area (TPSA) is 57.8 Å². The standard InChI is InChI=1S/C14H17N3O2/c18-14(19)12-10-17-11(5-4-6-13(17)15-12)9-16-7-2-1-3-8-16/h4-6,10H,1-3,7-9H2,(H,18,19). The Morgan fingerprint density at radius 3 is 2.79 bits per heavy atom. The van der Waals surface area contributed by atoms with Crippen molar-refractivity contribution >= 4 is 11.6 Å². The fraction of sp³-hybridized carbons (Fsp3) is 0.429. The first-order valence-corrected chi connectivity index (χ1v) is 6.67. The Balaban J connectivity index is 1.91. The number of likely N-dealkylation sites (tertiary alicyclic amines) is 1. The van der Waals surface area contributed by atoms with Crippen molar-refractivity contribution in [3.63, 3.8) is 0 Å². The van der Waals surface area contributed by atoms with E-state index in [1.807, 2.05) is 22.6 Å². The average Bonchev–Trinajstić information content (AvgIpc) is 2.85. The van der Waals surface area contributed by atoms with Crippen molar-refractivity contribution in [1.82, 2.24) is 14.3 Å². The maximum atomic E-state index is 11.0. The summed E-state index contributed by atoms with van der Waals surface area (Å²) in [5.74, 6) is -0.979. The third kappa shape index (κ3) is 2.46. The molecule has 5 nitrogen and oxygen atoms in total. The van der Waals surface area contributed by atoms with Gasteiger partial charge in [-0.1, -0.05) is 12.5 Å². The lowest BCUT2D eigenvalue weighted by Gasteiger charge is -2.26. The molecule has 0 amide bonds. The molecule has 0 atom stereocenters. The van der Waals surface area contributed by atoms with Crippen molar-refractivity contribution in [3.05, 3.63) is 35.8 Å². The average molecular weight is 259 g/mol. The van der Waals surface area contributed by atoms with Crippen LogP contribution in [0.4, 0.5) is 0 Å². The molecule has 0 radical (unpaired) electrons. The first kappa shape index (κ1) is 12.2. The summed E-state index contributed by atoms with van der Waals surface area (Å²) >= 11 is 0. The lowest BCUT2D eigenvalue weighted by molar-refractivity contribution is 0.0691. The Bertz CT molecular complexity index is 600. The summed E-state index contributed by atoms with van der Waals surface area (Å²) in [7, 11) is 0. The zero-order valence-electron chi connectivity index (χ0n) is 10.7. The molecule has 2 aromatic rings. The number of piperidine rings is 1. The number of carboxylic acids is 1. The molecule has 0 spiro atoms. The zero-order chi connectivity index (χ0) is 13.2. The lowest BCUT2D eigenvalue weighted by Crippen LogP contribution is -2.29. The molecule has 2 aromatic heterocycles. The van der Waals surface area contributed by atoms with Gasteiger partial charge in [-0.05, 0) is 38.1 Å². The van der Waals surface area contributed by atoms with E-state index in [0.29, 0.717) is 5.65 Å². The molecule has 3 rings (SSSR count). The van der Waals surface area contributed by atoms with Crippen LogP contribution in [0.25, 0.3) is 5.65 Å². The van der Waals surface area contributed by atoms with Crippen LogP contribution in [-0.4, -0.2) is 38.4 Å². The third-order valence-corrected chi connectivity index (χ3v) is 3.63. The Kier molecular flexibility index (Phi) is 3.21. The first-order valence-electron chi connectivity index (χ1n) is 6.67. The summed E-state index contributed by atoms with van der Waals surface area (Å²) in [5.41, 5.74) is 1.90. The van der Waals surface area contributed by atoms with Crippen molar-refractivity contribution in [2.45, 2.75) is 25.8 Å². The van der Waals surface area contributed by atoms with Crippen LogP contribution in [0.2, 0.25) is 0 Å². The fourth-order valence-electron chi connectivity index (χ4n) is 2.65. The van der Waals surface area contributed by atoms with Gasteiger partial charge in [0.1, 0.15) is 5.65 Å². The van der Waals surface area contributed by atoms with E-state index in [1.54, 1.807) is 6.20 Å². The molecule has 0 aromatic carbocycles. The molecule has 3 heterocycles. The molecular weight excluding hydrogens is 242 g/mol. The van der Waals surface area contributed by atoms with Crippen molar-refractivity contribution in [3.8, 4) is 0 Å². The molecule has 100 valence electrons. The second-order valence-corrected chi connectivity index (χ2v) is 5.01. The van der Waals surface area contributed by atoms with Crippen LogP contribution >= 0.6 is 0 Å². The molecule has 0 aliphatic carbocycles. The van der Waals surface area contributed by atoms with E-state index in [4.69, 9.17) is 5.11 Å². The van der Waals surface area contributed by atoms with Crippen LogP contribution in [0.5, 0.6) is 0 Å². The molecule has 1 aliphatic rings. The molecule has 19 heavy (non-hydrogen) atoms. The van der Waals surface area contributed by atoms with Gasteiger partial charge in [0.05, 0.1) is 0 Å². The molecule has 1 fully saturated rings. The zero-order valence-corrected chi connectivity index (χ0v) is 10.7. The van der Waals surface area contributed by atoms with Gasteiger partial charge < -0.3 is 9.51 Å². The highest BCUT2D eigenvalue weighted by Gasteiger charge is 2.14. The van der Waals surface area contributed by atoms with Crippen LogP contribution in [0.15, 0.2) is 24.4 Å². The lowest BCUT2D eigenvalue weighted by atomic mass is 10.1. The van der Waals surface area contributed by atoms with Crippen molar-refractivity contribution in [2.75, 3.05) is 13.1 Å². The number of imidazole rings is 1. The minimum atomic E-state index is -0.979. The normalized spacial score (nSPS) is 16.8. The van der Waals surface area contributed by atoms with Crippen LogP contribution in [-0.2, 0) is 6.54 Å². The highest BCUT2D eigenvalue weighted by molar-refractivity contribution is 5.86. The number of carboxylic acid groups (broad SMARTS) is 1. The van der Waals surface area contributed by atoms with Gasteiger partial charge in [0.2, 0.25) is 0 Å². The largest absolute Gasteiger partial charge is 0.476 e. The number of aromatic nitrogens is 2. The second kappa shape index (κ2) is 5.01. The van der Waals surface area contributed by atoms with Gasteiger partial charge in [-0.15, -0.1) is 0 Å². The number of carbonyl (C=O) groups is 1. The molecule has 1 aliphatic heterocycles. The Hall–Kier alpha value is -1.88. The summed E-state index contributed by atoms with van der Waals surface area (Å²) in [6, 6.07) is 5.81. The van der Waals surface area contributed by atoms with Gasteiger partial charge in [0.15, 0.2) is 5.69 Å². The molecule has 1 saturated heterocycles. The molecule has 5 heteroatoms. The van der Waals surface area contributed by atoms with Gasteiger partial charge in [-0.3, -0.25) is 4.90 Å². The molecular formula is C14H17N3O2. The summed E-state index contributed by atoms with van der Waals surface area (Å²) < 4.78 is 1.89. The van der Waals surface area contributed by atoms with E-state index in [-0.39, 0.29) is 5.69 Å². The minimum Gasteiger partial charge on any atom is -0.476 e. The molecule has 0 saturated carbocycles. The minimum absolute atomic E-state index is 0.103. The number of rotatable bonds is 3. The predicted octanol–water partition coefficient (Wildman–Crippen LogP) is 2.02. The smallest absolute Gasteiger partial charge is 0.356 e. The van der Waals surface area contributed by atoms with E-state index < -0.39 is 5.97 Å². The third-order valence-electron chi connectivity index (χ3n) is 3.63. The molecule has 0 unspecified atom stereocenters. The van der Waals surface area contributed by atoms with Gasteiger partial charge in [-0.2, -0.15) is 0 Å². The number of nitrogens with zero attached hydrogens (tertiary/aromatic N) is 3. The summed E-state index contributed by atoms with van der Waals surface area (Å²) in [5, 5.41) is 9.01. The van der Waals surface area contributed by atoms with Gasteiger partial charge in [0.25, 0.3) is 0 Å². The quantitative estimate of drug-likeness (QED) is 0.916. The van der Waals surface area contributed by atoms with Gasteiger partial charge in [0, 0.05) is 18.4 Å².